The third kappa shape index (κ3) is 8.61. The number of nitrogens with one attached hydrogen (secondary N) is 4. The van der Waals surface area contributed by atoms with Crippen molar-refractivity contribution in [2.24, 2.45) is 0 Å². The average Bonchev–Trinajstić information content (AvgIpc) is 4.15. The first kappa shape index (κ1) is 42.5. The number of halogens is 2. The summed E-state index contributed by atoms with van der Waals surface area (Å²) < 4.78 is 58.9. The molecule has 0 bridgehead atoms. The van der Waals surface area contributed by atoms with Gasteiger partial charge in [0.15, 0.2) is 5.03 Å². The highest BCUT2D eigenvalue weighted by Gasteiger charge is 2.28. The van der Waals surface area contributed by atoms with Gasteiger partial charge in [-0.25, -0.2) is 27.4 Å². The van der Waals surface area contributed by atoms with E-state index < -0.39 is 9.84 Å². The zero-order valence-corrected chi connectivity index (χ0v) is 37.0. The summed E-state index contributed by atoms with van der Waals surface area (Å²) >= 11 is 1.39. The number of H-pyrrole nitrogens is 2. The van der Waals surface area contributed by atoms with E-state index in [-0.39, 0.29) is 33.8 Å². The second kappa shape index (κ2) is 17.8. The van der Waals surface area contributed by atoms with E-state index >= 15 is 0 Å². The molecule has 2 aliphatic rings. The van der Waals surface area contributed by atoms with E-state index in [1.165, 1.54) is 23.9 Å². The number of hydrogen-bond donors (Lipinski definition) is 4. The van der Waals surface area contributed by atoms with Crippen molar-refractivity contribution in [1.82, 2.24) is 59.9 Å². The molecule has 6 heterocycles. The molecule has 2 aromatic carbocycles. The van der Waals surface area contributed by atoms with Crippen LogP contribution in [0, 0.1) is 11.6 Å². The van der Waals surface area contributed by atoms with Gasteiger partial charge in [-0.3, -0.25) is 19.3 Å². The number of aromatic amines is 2. The van der Waals surface area contributed by atoms with E-state index in [0.29, 0.717) is 46.8 Å². The van der Waals surface area contributed by atoms with Crippen LogP contribution < -0.4 is 10.6 Å². The monoisotopic (exact) mass is 902 g/mol. The molecule has 0 fully saturated rings. The molecule has 0 saturated heterocycles. The van der Waals surface area contributed by atoms with E-state index in [0.717, 1.165) is 69.8 Å². The largest absolute Gasteiger partial charge is 0.324 e. The van der Waals surface area contributed by atoms with Crippen LogP contribution in [0.1, 0.15) is 74.9 Å². The Hall–Kier alpha value is -6.80. The Kier molecular flexibility index (Phi) is 11.8. The molecule has 16 nitrogen and oxygen atoms in total. The van der Waals surface area contributed by atoms with Crippen molar-refractivity contribution < 1.29 is 17.2 Å². The van der Waals surface area contributed by atoms with Gasteiger partial charge in [-0.05, 0) is 160 Å². The van der Waals surface area contributed by atoms with Gasteiger partial charge < -0.3 is 10.6 Å². The fourth-order valence-electron chi connectivity index (χ4n) is 7.88. The predicted octanol–water partition coefficient (Wildman–Crippen LogP) is 9.01. The number of sulfone groups is 1. The molecule has 0 saturated carbocycles. The Labute approximate surface area is 371 Å². The Morgan fingerprint density at radius 1 is 0.672 bits per heavy atom. The fraction of sp³-hybridized carbons (Fsp3) is 0.273. The Bertz CT molecular complexity index is 3060. The second-order valence-corrected chi connectivity index (χ2v) is 18.7. The maximum absolute atomic E-state index is 14.8. The summed E-state index contributed by atoms with van der Waals surface area (Å²) in [5, 5.41) is 30.0. The van der Waals surface area contributed by atoms with Gasteiger partial charge in [0.1, 0.15) is 16.7 Å². The van der Waals surface area contributed by atoms with E-state index in [1.54, 1.807) is 53.9 Å². The molecule has 0 amide bonds. The summed E-state index contributed by atoms with van der Waals surface area (Å²) in [6.07, 6.45) is 15.0. The molecule has 0 atom stereocenters. The van der Waals surface area contributed by atoms with Crippen molar-refractivity contribution in [1.29, 1.82) is 0 Å². The molecule has 8 aromatic rings. The van der Waals surface area contributed by atoms with Crippen LogP contribution in [0.3, 0.4) is 0 Å². The van der Waals surface area contributed by atoms with Gasteiger partial charge >= 0.3 is 0 Å². The Morgan fingerprint density at radius 2 is 1.22 bits per heavy atom. The first-order valence-electron chi connectivity index (χ1n) is 20.8. The molecule has 328 valence electrons. The third-order valence-electron chi connectivity index (χ3n) is 11.0. The van der Waals surface area contributed by atoms with Crippen LogP contribution in [0.5, 0.6) is 0 Å². The molecule has 6 aromatic heterocycles. The van der Waals surface area contributed by atoms with Gasteiger partial charge in [-0.2, -0.15) is 20.2 Å². The van der Waals surface area contributed by atoms with Crippen LogP contribution in [-0.4, -0.2) is 68.3 Å². The van der Waals surface area contributed by atoms with E-state index in [2.05, 4.69) is 75.0 Å². The highest BCUT2D eigenvalue weighted by atomic mass is 32.2. The van der Waals surface area contributed by atoms with E-state index in [4.69, 9.17) is 0 Å². The van der Waals surface area contributed by atoms with Gasteiger partial charge in [0, 0.05) is 60.4 Å². The zero-order chi connectivity index (χ0) is 44.5. The van der Waals surface area contributed by atoms with Crippen LogP contribution in [0.2, 0.25) is 0 Å². The van der Waals surface area contributed by atoms with Gasteiger partial charge in [0.25, 0.3) is 15.0 Å². The molecule has 0 radical (unpaired) electrons. The summed E-state index contributed by atoms with van der Waals surface area (Å²) in [6, 6.07) is 14.1. The van der Waals surface area contributed by atoms with Crippen LogP contribution in [0.4, 0.5) is 32.1 Å². The lowest BCUT2D eigenvalue weighted by atomic mass is 9.97. The highest BCUT2D eigenvalue weighted by Crippen LogP contribution is 2.42. The first-order chi connectivity index (χ1) is 30.9. The van der Waals surface area contributed by atoms with Gasteiger partial charge in [0.05, 0.1) is 11.4 Å². The summed E-state index contributed by atoms with van der Waals surface area (Å²) in [6.45, 7) is 7.97. The molecular weight excluding hydrogens is 859 g/mol. The van der Waals surface area contributed by atoms with Crippen LogP contribution >= 0.6 is 11.8 Å². The molecule has 4 N–H and O–H groups in total. The second-order valence-electron chi connectivity index (χ2n) is 15.9. The van der Waals surface area contributed by atoms with E-state index in [9.17, 15) is 17.2 Å². The van der Waals surface area contributed by atoms with Crippen LogP contribution in [0.25, 0.3) is 22.3 Å². The molecule has 0 unspecified atom stereocenters. The first-order valence-corrected chi connectivity index (χ1v) is 23.1. The minimum atomic E-state index is -3.97. The zero-order valence-electron chi connectivity index (χ0n) is 35.3. The summed E-state index contributed by atoms with van der Waals surface area (Å²) in [4.78, 5) is 16.9. The molecular formula is C44H44F2N14O2S2. The minimum Gasteiger partial charge on any atom is -0.324 e. The number of fused-ring (bicyclic) bond motifs is 2. The molecule has 20 heteroatoms. The van der Waals surface area contributed by atoms with Crippen molar-refractivity contribution in [3.05, 3.63) is 120 Å². The van der Waals surface area contributed by atoms with E-state index in [1.807, 2.05) is 42.9 Å². The van der Waals surface area contributed by atoms with Crippen molar-refractivity contribution in [3.8, 4) is 22.3 Å². The number of aromatic nitrogens is 12. The highest BCUT2D eigenvalue weighted by molar-refractivity contribution is 7.99. The number of anilines is 4. The predicted molar refractivity (Wildman–Crippen MR) is 237 cm³/mol. The SMILES string of the molecule is CC(C)n1ccc(S(=O)(=O)c2nc(Nc3c(-c4ccncc4)cc(F)c4c3CCC4)n[nH]2)n1.CC(C)n1ccc(Sc2n[nH]c(Nc3c(-c4ccncc4)cc(F)c4c3CCC4)n2)n1. The summed E-state index contributed by atoms with van der Waals surface area (Å²) in [5.41, 5.74) is 7.97. The lowest BCUT2D eigenvalue weighted by molar-refractivity contribution is 0.515. The average molecular weight is 903 g/mol. The molecule has 64 heavy (non-hydrogen) atoms. The number of pyridine rings is 2. The maximum Gasteiger partial charge on any atom is 0.260 e. The van der Waals surface area contributed by atoms with Gasteiger partial charge in [-0.1, -0.05) is 0 Å². The standard InChI is InChI=1S/C22H22FN7O2S.C22H22FN7S/c1-13(2)30-11-8-19(29-30)33(31,32)22-26-21(27-28-22)25-20-16-5-3-4-15(16)18(23)12-17(20)14-6-9-24-10-7-14;1-13(2)30-11-8-19(29-30)31-22-26-21(27-28-22)25-20-16-5-3-4-15(16)18(23)12-17(20)14-6-9-24-10-7-14/h6-13H,3-5H2,1-2H3,(H2,25,26,27,28);6-13H,3-5H2,1-2H3,(H2,25,26,27,28). The van der Waals surface area contributed by atoms with Crippen molar-refractivity contribution in [3.63, 3.8) is 0 Å². The third-order valence-corrected chi connectivity index (χ3v) is 13.3. The molecule has 0 spiro atoms. The fourth-order valence-corrected chi connectivity index (χ4v) is 9.57. The van der Waals surface area contributed by atoms with Crippen molar-refractivity contribution >= 4 is 44.9 Å². The molecule has 10 rings (SSSR count). The lowest BCUT2D eigenvalue weighted by Gasteiger charge is -2.16. The molecule has 2 aliphatic carbocycles. The molecule has 0 aliphatic heterocycles. The number of nitrogens with zero attached hydrogens (tertiary/aromatic N) is 10. The Balaban J connectivity index is 0.000000162. The van der Waals surface area contributed by atoms with Crippen molar-refractivity contribution in [2.45, 2.75) is 98.7 Å². The van der Waals surface area contributed by atoms with Gasteiger partial charge in [0.2, 0.25) is 17.1 Å². The number of benzene rings is 2. The van der Waals surface area contributed by atoms with Crippen LogP contribution in [-0.2, 0) is 35.5 Å². The minimum absolute atomic E-state index is 0.0214. The Morgan fingerprint density at radius 3 is 1.78 bits per heavy atom. The van der Waals surface area contributed by atoms with Crippen molar-refractivity contribution in [2.75, 3.05) is 10.6 Å². The maximum atomic E-state index is 14.8. The smallest absolute Gasteiger partial charge is 0.260 e. The number of rotatable bonds is 12. The summed E-state index contributed by atoms with van der Waals surface area (Å²) in [5.74, 6) is 0.188. The topological polar surface area (TPSA) is 203 Å². The van der Waals surface area contributed by atoms with Crippen LogP contribution in [0.15, 0.2) is 106 Å². The quantitative estimate of drug-likeness (QED) is 0.0905. The normalized spacial score (nSPS) is 13.2. The lowest BCUT2D eigenvalue weighted by Crippen LogP contribution is -2.08. The summed E-state index contributed by atoms with van der Waals surface area (Å²) in [7, 11) is -3.97. The number of hydrogen-bond acceptors (Lipinski definition) is 13. The van der Waals surface area contributed by atoms with Gasteiger partial charge in [-0.15, -0.1) is 10.2 Å².